The number of hydrogen-bond donors (Lipinski definition) is 1. The van der Waals surface area contributed by atoms with Crippen molar-refractivity contribution in [2.45, 2.75) is 12.8 Å². The molecule has 0 aliphatic rings. The van der Waals surface area contributed by atoms with Gasteiger partial charge in [-0.2, -0.15) is 5.10 Å². The number of anilines is 1. The van der Waals surface area contributed by atoms with Gasteiger partial charge in [0.2, 0.25) is 0 Å². The van der Waals surface area contributed by atoms with Crippen molar-refractivity contribution in [3.05, 3.63) is 28.2 Å². The molecule has 1 aromatic carbocycles. The molecule has 1 aromatic rings. The predicted octanol–water partition coefficient (Wildman–Crippen LogP) is 2.89. The minimum absolute atomic E-state index is 0.0213. The maximum Gasteiger partial charge on any atom is 0.354 e. The number of rotatable bonds is 6. The molecular formula is C13H14Cl2N2O4. The van der Waals surface area contributed by atoms with Crippen LogP contribution >= 0.6 is 23.2 Å². The molecule has 0 aliphatic heterocycles. The average molecular weight is 333 g/mol. The Morgan fingerprint density at radius 1 is 1.14 bits per heavy atom. The minimum Gasteiger partial charge on any atom is -0.469 e. The zero-order chi connectivity index (χ0) is 15.8. The third-order valence-electron chi connectivity index (χ3n) is 2.45. The highest BCUT2D eigenvalue weighted by atomic mass is 35.5. The van der Waals surface area contributed by atoms with Gasteiger partial charge in [-0.1, -0.05) is 23.2 Å². The van der Waals surface area contributed by atoms with Crippen LogP contribution in [-0.2, 0) is 19.1 Å². The van der Waals surface area contributed by atoms with Crippen LogP contribution in [0, 0.1) is 0 Å². The summed E-state index contributed by atoms with van der Waals surface area (Å²) in [5, 5.41) is 4.68. The van der Waals surface area contributed by atoms with Gasteiger partial charge in [-0.15, -0.1) is 0 Å². The van der Waals surface area contributed by atoms with Crippen molar-refractivity contribution in [1.29, 1.82) is 0 Å². The van der Waals surface area contributed by atoms with Crippen molar-refractivity contribution < 1.29 is 19.1 Å². The third kappa shape index (κ3) is 5.61. The zero-order valence-corrected chi connectivity index (χ0v) is 13.0. The summed E-state index contributed by atoms with van der Waals surface area (Å²) in [6.07, 6.45) is 0.112. The molecule has 6 nitrogen and oxygen atoms in total. The molecule has 0 heterocycles. The van der Waals surface area contributed by atoms with E-state index < -0.39 is 11.9 Å². The number of hydrazone groups is 1. The number of nitrogens with one attached hydrogen (secondary N) is 1. The van der Waals surface area contributed by atoms with Gasteiger partial charge < -0.3 is 9.47 Å². The van der Waals surface area contributed by atoms with Crippen molar-refractivity contribution in [3.63, 3.8) is 0 Å². The fourth-order valence-electron chi connectivity index (χ4n) is 1.34. The molecule has 0 unspecified atom stereocenters. The van der Waals surface area contributed by atoms with E-state index in [4.69, 9.17) is 23.2 Å². The van der Waals surface area contributed by atoms with Crippen LogP contribution in [0.2, 0.25) is 10.0 Å². The van der Waals surface area contributed by atoms with Crippen molar-refractivity contribution in [3.8, 4) is 0 Å². The lowest BCUT2D eigenvalue weighted by Gasteiger charge is -2.06. The molecule has 0 saturated heterocycles. The lowest BCUT2D eigenvalue weighted by Crippen LogP contribution is -2.19. The maximum atomic E-state index is 11.6. The van der Waals surface area contributed by atoms with E-state index in [9.17, 15) is 9.59 Å². The molecule has 0 fully saturated rings. The first kappa shape index (κ1) is 17.3. The van der Waals surface area contributed by atoms with Crippen LogP contribution in [0.3, 0.4) is 0 Å². The van der Waals surface area contributed by atoms with E-state index in [1.54, 1.807) is 18.2 Å². The summed E-state index contributed by atoms with van der Waals surface area (Å²) in [5.41, 5.74) is 3.27. The van der Waals surface area contributed by atoms with Crippen LogP contribution in [0.5, 0.6) is 0 Å². The van der Waals surface area contributed by atoms with Crippen molar-refractivity contribution >= 4 is 46.5 Å². The van der Waals surface area contributed by atoms with E-state index in [-0.39, 0.29) is 18.6 Å². The van der Waals surface area contributed by atoms with Gasteiger partial charge in [-0.25, -0.2) is 4.79 Å². The Balaban J connectivity index is 2.79. The summed E-state index contributed by atoms with van der Waals surface area (Å²) in [5.74, 6) is -1.08. The highest BCUT2D eigenvalue weighted by Crippen LogP contribution is 2.24. The third-order valence-corrected chi connectivity index (χ3v) is 3.19. The van der Waals surface area contributed by atoms with Crippen molar-refractivity contribution in [2.75, 3.05) is 19.6 Å². The largest absolute Gasteiger partial charge is 0.469 e. The first-order valence-electron chi connectivity index (χ1n) is 5.90. The number of hydrogen-bond acceptors (Lipinski definition) is 6. The van der Waals surface area contributed by atoms with E-state index in [2.05, 4.69) is 20.0 Å². The van der Waals surface area contributed by atoms with Crippen LogP contribution in [0.25, 0.3) is 0 Å². The van der Waals surface area contributed by atoms with E-state index in [0.717, 1.165) is 0 Å². The smallest absolute Gasteiger partial charge is 0.354 e. The van der Waals surface area contributed by atoms with Crippen molar-refractivity contribution in [1.82, 2.24) is 0 Å². The maximum absolute atomic E-state index is 11.6. The zero-order valence-electron chi connectivity index (χ0n) is 11.5. The molecule has 21 heavy (non-hydrogen) atoms. The summed E-state index contributed by atoms with van der Waals surface area (Å²) in [6.45, 7) is 0. The van der Waals surface area contributed by atoms with Gasteiger partial charge in [-0.3, -0.25) is 10.2 Å². The summed E-state index contributed by atoms with van der Waals surface area (Å²) in [4.78, 5) is 22.7. The van der Waals surface area contributed by atoms with E-state index in [1.165, 1.54) is 14.2 Å². The number of nitrogens with zero attached hydrogens (tertiary/aromatic N) is 1. The Bertz CT molecular complexity index is 561. The normalized spacial score (nSPS) is 11.0. The molecule has 0 amide bonds. The Hall–Kier alpha value is -1.79. The lowest BCUT2D eigenvalue weighted by molar-refractivity contribution is -0.140. The first-order chi connectivity index (χ1) is 9.97. The predicted molar refractivity (Wildman–Crippen MR) is 80.8 cm³/mol. The summed E-state index contributed by atoms with van der Waals surface area (Å²) in [6, 6.07) is 4.80. The number of methoxy groups -OCH3 is 2. The molecule has 0 atom stereocenters. The van der Waals surface area contributed by atoms with Gasteiger partial charge >= 0.3 is 11.9 Å². The molecule has 0 bridgehead atoms. The summed E-state index contributed by atoms with van der Waals surface area (Å²) in [7, 11) is 2.50. The SMILES string of the molecule is COC(=O)CCC(=NNc1ccc(Cl)c(Cl)c1)C(=O)OC. The topological polar surface area (TPSA) is 77.0 Å². The first-order valence-corrected chi connectivity index (χ1v) is 6.66. The molecule has 0 aliphatic carbocycles. The molecule has 0 spiro atoms. The summed E-state index contributed by atoms with van der Waals surface area (Å²) >= 11 is 11.7. The average Bonchev–Trinajstić information content (AvgIpc) is 2.49. The number of benzene rings is 1. The van der Waals surface area contributed by atoms with Crippen LogP contribution in [0.4, 0.5) is 5.69 Å². The fraction of sp³-hybridized carbons (Fsp3) is 0.308. The molecule has 0 aromatic heterocycles. The van der Waals surface area contributed by atoms with Crippen LogP contribution in [0.15, 0.2) is 23.3 Å². The van der Waals surface area contributed by atoms with E-state index in [0.29, 0.717) is 15.7 Å². The Morgan fingerprint density at radius 2 is 1.86 bits per heavy atom. The van der Waals surface area contributed by atoms with Gasteiger partial charge in [0.15, 0.2) is 0 Å². The number of esters is 2. The fourth-order valence-corrected chi connectivity index (χ4v) is 1.64. The minimum atomic E-state index is -0.633. The number of halogens is 2. The quantitative estimate of drug-likeness (QED) is 0.492. The highest BCUT2D eigenvalue weighted by molar-refractivity contribution is 6.42. The van der Waals surface area contributed by atoms with Crippen LogP contribution in [0.1, 0.15) is 12.8 Å². The molecule has 0 saturated carbocycles. The number of ether oxygens (including phenoxy) is 2. The van der Waals surface area contributed by atoms with Gasteiger partial charge in [-0.05, 0) is 18.2 Å². The van der Waals surface area contributed by atoms with Gasteiger partial charge in [0.1, 0.15) is 5.71 Å². The molecule has 8 heteroatoms. The van der Waals surface area contributed by atoms with Gasteiger partial charge in [0.25, 0.3) is 0 Å². The van der Waals surface area contributed by atoms with E-state index >= 15 is 0 Å². The second kappa shape index (κ2) is 8.49. The Labute approximate surface area is 132 Å². The second-order valence-corrected chi connectivity index (χ2v) is 4.68. The van der Waals surface area contributed by atoms with E-state index in [1.807, 2.05) is 0 Å². The van der Waals surface area contributed by atoms with Crippen LogP contribution in [-0.4, -0.2) is 31.9 Å². The van der Waals surface area contributed by atoms with Crippen LogP contribution < -0.4 is 5.43 Å². The highest BCUT2D eigenvalue weighted by Gasteiger charge is 2.14. The lowest BCUT2D eigenvalue weighted by atomic mass is 10.2. The molecule has 114 valence electrons. The molecule has 1 rings (SSSR count). The number of carbonyl (C=O) groups is 2. The monoisotopic (exact) mass is 332 g/mol. The number of carbonyl (C=O) groups excluding carboxylic acids is 2. The molecule has 1 N–H and O–H groups in total. The Morgan fingerprint density at radius 3 is 2.43 bits per heavy atom. The standard InChI is InChI=1S/C13H14Cl2N2O4/c1-20-12(18)6-5-11(13(19)21-2)17-16-8-3-4-9(14)10(15)7-8/h3-4,7,16H,5-6H2,1-2H3. The second-order valence-electron chi connectivity index (χ2n) is 3.87. The van der Waals surface area contributed by atoms with Crippen molar-refractivity contribution in [2.24, 2.45) is 5.10 Å². The van der Waals surface area contributed by atoms with Gasteiger partial charge in [0, 0.05) is 6.42 Å². The van der Waals surface area contributed by atoms with Gasteiger partial charge in [0.05, 0.1) is 36.4 Å². The molecular weight excluding hydrogens is 319 g/mol. The Kier molecular flexibility index (Phi) is 6.98. The summed E-state index contributed by atoms with van der Waals surface area (Å²) < 4.78 is 9.11. The molecule has 0 radical (unpaired) electrons.